The first-order valence-electron chi connectivity index (χ1n) is 3.23. The monoisotopic (exact) mass is 149 g/mol. The van der Waals surface area contributed by atoms with Gasteiger partial charge in [-0.2, -0.15) is 5.48 Å². The SMILES string of the molecule is CC1NOC(C)C1CCl. The van der Waals surface area contributed by atoms with Gasteiger partial charge in [-0.3, -0.25) is 4.84 Å². The molecule has 9 heavy (non-hydrogen) atoms. The van der Waals surface area contributed by atoms with Crippen LogP contribution in [0.15, 0.2) is 0 Å². The number of hydrogen-bond acceptors (Lipinski definition) is 2. The third-order valence-electron chi connectivity index (χ3n) is 1.86. The summed E-state index contributed by atoms with van der Waals surface area (Å²) in [5, 5.41) is 0. The van der Waals surface area contributed by atoms with Crippen LogP contribution in [-0.2, 0) is 4.84 Å². The second-order valence-electron chi connectivity index (χ2n) is 2.55. The summed E-state index contributed by atoms with van der Waals surface area (Å²) in [6, 6.07) is 0.400. The number of hydroxylamine groups is 1. The number of nitrogens with one attached hydrogen (secondary N) is 1. The van der Waals surface area contributed by atoms with Crippen LogP contribution in [0, 0.1) is 5.92 Å². The second-order valence-corrected chi connectivity index (χ2v) is 2.86. The molecule has 3 atom stereocenters. The fraction of sp³-hybridized carbons (Fsp3) is 1.00. The Hall–Kier alpha value is 0.210. The van der Waals surface area contributed by atoms with Crippen molar-refractivity contribution in [2.45, 2.75) is 26.0 Å². The summed E-state index contributed by atoms with van der Waals surface area (Å²) < 4.78 is 0. The maximum atomic E-state index is 5.68. The molecule has 1 aliphatic heterocycles. The van der Waals surface area contributed by atoms with Crippen LogP contribution in [0.5, 0.6) is 0 Å². The van der Waals surface area contributed by atoms with Crippen molar-refractivity contribution < 1.29 is 4.84 Å². The van der Waals surface area contributed by atoms with E-state index in [2.05, 4.69) is 12.4 Å². The Kier molecular flexibility index (Phi) is 2.33. The Balaban J connectivity index is 2.44. The van der Waals surface area contributed by atoms with Gasteiger partial charge in [0.15, 0.2) is 0 Å². The van der Waals surface area contributed by atoms with E-state index in [0.717, 1.165) is 0 Å². The van der Waals surface area contributed by atoms with Crippen molar-refractivity contribution in [1.82, 2.24) is 5.48 Å². The molecule has 1 saturated heterocycles. The van der Waals surface area contributed by atoms with Crippen molar-refractivity contribution in [3.05, 3.63) is 0 Å². The van der Waals surface area contributed by atoms with Gasteiger partial charge in [-0.1, -0.05) is 0 Å². The smallest absolute Gasteiger partial charge is 0.0817 e. The van der Waals surface area contributed by atoms with Gasteiger partial charge in [-0.25, -0.2) is 0 Å². The van der Waals surface area contributed by atoms with Gasteiger partial charge in [0.05, 0.1) is 6.10 Å². The molecule has 1 rings (SSSR count). The molecule has 3 unspecified atom stereocenters. The molecule has 0 aromatic carbocycles. The molecule has 1 aliphatic rings. The number of halogens is 1. The molecule has 2 nitrogen and oxygen atoms in total. The lowest BCUT2D eigenvalue weighted by molar-refractivity contribution is 0.0321. The van der Waals surface area contributed by atoms with Crippen LogP contribution >= 0.6 is 11.6 Å². The van der Waals surface area contributed by atoms with E-state index in [4.69, 9.17) is 16.4 Å². The van der Waals surface area contributed by atoms with Gasteiger partial charge in [-0.05, 0) is 13.8 Å². The van der Waals surface area contributed by atoms with E-state index in [1.54, 1.807) is 0 Å². The molecular formula is C6H12ClNO. The summed E-state index contributed by atoms with van der Waals surface area (Å²) >= 11 is 5.68. The molecular weight excluding hydrogens is 138 g/mol. The summed E-state index contributed by atoms with van der Waals surface area (Å²) in [5.41, 5.74) is 2.89. The Morgan fingerprint density at radius 1 is 1.56 bits per heavy atom. The van der Waals surface area contributed by atoms with Gasteiger partial charge in [0, 0.05) is 17.8 Å². The number of rotatable bonds is 1. The van der Waals surface area contributed by atoms with Crippen molar-refractivity contribution in [2.24, 2.45) is 5.92 Å². The third-order valence-corrected chi connectivity index (χ3v) is 2.22. The molecule has 3 heteroatoms. The van der Waals surface area contributed by atoms with Crippen molar-refractivity contribution in [2.75, 3.05) is 5.88 Å². The molecule has 0 spiro atoms. The first kappa shape index (κ1) is 7.32. The summed E-state index contributed by atoms with van der Waals surface area (Å²) in [6.07, 6.45) is 0.262. The van der Waals surface area contributed by atoms with E-state index in [1.807, 2.05) is 6.92 Å². The third kappa shape index (κ3) is 1.37. The lowest BCUT2D eigenvalue weighted by Crippen LogP contribution is -2.24. The van der Waals surface area contributed by atoms with Crippen molar-refractivity contribution >= 4 is 11.6 Å². The van der Waals surface area contributed by atoms with Crippen LogP contribution in [0.3, 0.4) is 0 Å². The molecule has 0 radical (unpaired) electrons. The number of alkyl halides is 1. The Bertz CT molecular complexity index is 89.1. The predicted octanol–water partition coefficient (Wildman–Crippen LogP) is 1.15. The number of hydrogen-bond donors (Lipinski definition) is 1. The zero-order chi connectivity index (χ0) is 6.85. The van der Waals surface area contributed by atoms with Crippen molar-refractivity contribution in [3.8, 4) is 0 Å². The topological polar surface area (TPSA) is 21.3 Å². The van der Waals surface area contributed by atoms with Crippen LogP contribution in [0.4, 0.5) is 0 Å². The Labute approximate surface area is 60.5 Å². The van der Waals surface area contributed by atoms with E-state index in [0.29, 0.717) is 17.8 Å². The van der Waals surface area contributed by atoms with Gasteiger partial charge in [-0.15, -0.1) is 11.6 Å². The highest BCUT2D eigenvalue weighted by molar-refractivity contribution is 6.18. The zero-order valence-electron chi connectivity index (χ0n) is 5.73. The highest BCUT2D eigenvalue weighted by atomic mass is 35.5. The van der Waals surface area contributed by atoms with Gasteiger partial charge in [0.1, 0.15) is 0 Å². The van der Waals surface area contributed by atoms with Crippen molar-refractivity contribution in [3.63, 3.8) is 0 Å². The average molecular weight is 150 g/mol. The van der Waals surface area contributed by atoms with Gasteiger partial charge in [0.2, 0.25) is 0 Å². The van der Waals surface area contributed by atoms with Gasteiger partial charge >= 0.3 is 0 Å². The maximum absolute atomic E-state index is 5.68. The molecule has 0 saturated carbocycles. The van der Waals surface area contributed by atoms with E-state index in [9.17, 15) is 0 Å². The fourth-order valence-electron chi connectivity index (χ4n) is 1.06. The molecule has 0 aromatic heterocycles. The van der Waals surface area contributed by atoms with E-state index < -0.39 is 0 Å². The largest absolute Gasteiger partial charge is 0.298 e. The van der Waals surface area contributed by atoms with Crippen LogP contribution in [-0.4, -0.2) is 18.0 Å². The Morgan fingerprint density at radius 3 is 2.44 bits per heavy atom. The maximum Gasteiger partial charge on any atom is 0.0817 e. The predicted molar refractivity (Wildman–Crippen MR) is 37.4 cm³/mol. The van der Waals surface area contributed by atoms with Crippen LogP contribution in [0.25, 0.3) is 0 Å². The van der Waals surface area contributed by atoms with E-state index in [1.165, 1.54) is 0 Å². The first-order valence-corrected chi connectivity index (χ1v) is 3.76. The lowest BCUT2D eigenvalue weighted by Gasteiger charge is -2.10. The van der Waals surface area contributed by atoms with Crippen molar-refractivity contribution in [1.29, 1.82) is 0 Å². The average Bonchev–Trinajstić information content (AvgIpc) is 2.12. The molecule has 54 valence electrons. The summed E-state index contributed by atoms with van der Waals surface area (Å²) in [5.74, 6) is 1.14. The zero-order valence-corrected chi connectivity index (χ0v) is 6.48. The van der Waals surface area contributed by atoms with Gasteiger partial charge < -0.3 is 0 Å². The quantitative estimate of drug-likeness (QED) is 0.565. The Morgan fingerprint density at radius 2 is 2.22 bits per heavy atom. The standard InChI is InChI=1S/C6H12ClNO/c1-4-6(3-7)5(2)9-8-4/h4-6,8H,3H2,1-2H3. The highest BCUT2D eigenvalue weighted by Crippen LogP contribution is 2.19. The molecule has 0 amide bonds. The molecule has 1 fully saturated rings. The fourth-order valence-corrected chi connectivity index (χ4v) is 1.57. The molecule has 0 bridgehead atoms. The molecule has 0 aliphatic carbocycles. The minimum Gasteiger partial charge on any atom is -0.298 e. The highest BCUT2D eigenvalue weighted by Gasteiger charge is 2.30. The van der Waals surface area contributed by atoms with Crippen LogP contribution in [0.2, 0.25) is 0 Å². The van der Waals surface area contributed by atoms with Crippen LogP contribution in [0.1, 0.15) is 13.8 Å². The summed E-state index contributed by atoms with van der Waals surface area (Å²) in [6.45, 7) is 4.11. The molecule has 1 heterocycles. The van der Waals surface area contributed by atoms with Gasteiger partial charge in [0.25, 0.3) is 0 Å². The summed E-state index contributed by atoms with van der Waals surface area (Å²) in [7, 11) is 0. The lowest BCUT2D eigenvalue weighted by atomic mass is 10.0. The molecule has 0 aromatic rings. The van der Waals surface area contributed by atoms with E-state index in [-0.39, 0.29) is 6.10 Å². The van der Waals surface area contributed by atoms with Crippen LogP contribution < -0.4 is 5.48 Å². The second kappa shape index (κ2) is 2.86. The minimum atomic E-state index is 0.262. The normalized spacial score (nSPS) is 43.7. The molecule has 1 N–H and O–H groups in total. The minimum absolute atomic E-state index is 0.262. The van der Waals surface area contributed by atoms with E-state index >= 15 is 0 Å². The summed E-state index contributed by atoms with van der Waals surface area (Å²) in [4.78, 5) is 5.13. The first-order chi connectivity index (χ1) is 4.25.